The standard InChI is InChI=1S/C14H19NO5/c1-9(2)12(16)11(13(17)18)15-14(19)20-8-10-6-4-3-5-7-10/h3-7,9,11-12,16H,8H2,1-2H3,(H,15,19)(H,17,18)/t11-,12+/m0/s1. The normalized spacial score (nSPS) is 13.6. The van der Waals surface area contributed by atoms with Crippen molar-refractivity contribution in [2.45, 2.75) is 32.6 Å². The molecule has 0 aromatic heterocycles. The van der Waals surface area contributed by atoms with E-state index in [1.807, 2.05) is 6.07 Å². The Hall–Kier alpha value is -2.08. The van der Waals surface area contributed by atoms with Gasteiger partial charge >= 0.3 is 12.1 Å². The van der Waals surface area contributed by atoms with Gasteiger partial charge in [0.15, 0.2) is 6.04 Å². The molecule has 0 aliphatic rings. The van der Waals surface area contributed by atoms with Crippen LogP contribution in [0.3, 0.4) is 0 Å². The maximum Gasteiger partial charge on any atom is 0.408 e. The largest absolute Gasteiger partial charge is 0.480 e. The number of nitrogens with one attached hydrogen (secondary N) is 1. The minimum Gasteiger partial charge on any atom is -0.480 e. The van der Waals surface area contributed by atoms with E-state index in [0.29, 0.717) is 0 Å². The van der Waals surface area contributed by atoms with Crippen molar-refractivity contribution < 1.29 is 24.5 Å². The number of aliphatic carboxylic acids is 1. The molecule has 6 nitrogen and oxygen atoms in total. The summed E-state index contributed by atoms with van der Waals surface area (Å²) >= 11 is 0. The first-order chi connectivity index (χ1) is 9.41. The molecule has 3 N–H and O–H groups in total. The van der Waals surface area contributed by atoms with Crippen molar-refractivity contribution in [3.8, 4) is 0 Å². The molecule has 0 aliphatic heterocycles. The highest BCUT2D eigenvalue weighted by atomic mass is 16.5. The van der Waals surface area contributed by atoms with Crippen LogP contribution in [-0.4, -0.2) is 34.4 Å². The highest BCUT2D eigenvalue weighted by molar-refractivity contribution is 5.80. The van der Waals surface area contributed by atoms with Crippen LogP contribution < -0.4 is 5.32 Å². The van der Waals surface area contributed by atoms with Gasteiger partial charge in [-0.1, -0.05) is 44.2 Å². The van der Waals surface area contributed by atoms with Crippen LogP contribution in [0.4, 0.5) is 4.79 Å². The van der Waals surface area contributed by atoms with Crippen LogP contribution in [0.1, 0.15) is 19.4 Å². The van der Waals surface area contributed by atoms with Crippen LogP contribution in [-0.2, 0) is 16.1 Å². The van der Waals surface area contributed by atoms with Crippen LogP contribution in [0.5, 0.6) is 0 Å². The van der Waals surface area contributed by atoms with Crippen molar-refractivity contribution in [1.29, 1.82) is 0 Å². The SMILES string of the molecule is CC(C)[C@@H](O)[C@H](NC(=O)OCc1ccccc1)C(=O)O. The van der Waals surface area contributed by atoms with Gasteiger partial charge in [0.05, 0.1) is 6.10 Å². The molecule has 1 rings (SSSR count). The summed E-state index contributed by atoms with van der Waals surface area (Å²) in [6, 6.07) is 7.62. The van der Waals surface area contributed by atoms with Gasteiger partial charge in [-0.3, -0.25) is 0 Å². The first kappa shape index (κ1) is 16.0. The number of aliphatic hydroxyl groups excluding tert-OH is 1. The molecular formula is C14H19NO5. The summed E-state index contributed by atoms with van der Waals surface area (Å²) in [6.07, 6.45) is -2.06. The van der Waals surface area contributed by atoms with E-state index in [2.05, 4.69) is 5.32 Å². The molecule has 0 spiro atoms. The summed E-state index contributed by atoms with van der Waals surface area (Å²) in [7, 11) is 0. The fourth-order valence-electron chi connectivity index (χ4n) is 1.57. The van der Waals surface area contributed by atoms with E-state index in [-0.39, 0.29) is 12.5 Å². The summed E-state index contributed by atoms with van der Waals surface area (Å²) in [5.41, 5.74) is 0.791. The molecule has 1 aromatic rings. The number of hydrogen-bond acceptors (Lipinski definition) is 4. The number of carbonyl (C=O) groups excluding carboxylic acids is 1. The van der Waals surface area contributed by atoms with Crippen molar-refractivity contribution in [3.63, 3.8) is 0 Å². The second-order valence-corrected chi connectivity index (χ2v) is 4.76. The number of alkyl carbamates (subject to hydrolysis) is 1. The van der Waals surface area contributed by atoms with E-state index in [0.717, 1.165) is 5.56 Å². The molecule has 110 valence electrons. The molecule has 0 bridgehead atoms. The van der Waals surface area contributed by atoms with E-state index in [4.69, 9.17) is 9.84 Å². The lowest BCUT2D eigenvalue weighted by Gasteiger charge is -2.22. The fourth-order valence-corrected chi connectivity index (χ4v) is 1.57. The minimum atomic E-state index is -1.39. The molecule has 0 saturated heterocycles. The van der Waals surface area contributed by atoms with E-state index in [1.54, 1.807) is 38.1 Å². The number of carboxylic acid groups (broad SMARTS) is 1. The molecular weight excluding hydrogens is 262 g/mol. The second-order valence-electron chi connectivity index (χ2n) is 4.76. The molecule has 1 amide bonds. The molecule has 0 radical (unpaired) electrons. The van der Waals surface area contributed by atoms with Crippen molar-refractivity contribution in [3.05, 3.63) is 35.9 Å². The third-order valence-corrected chi connectivity index (χ3v) is 2.78. The van der Waals surface area contributed by atoms with E-state index < -0.39 is 24.2 Å². The van der Waals surface area contributed by atoms with E-state index >= 15 is 0 Å². The van der Waals surface area contributed by atoms with Gasteiger partial charge in [0, 0.05) is 0 Å². The zero-order chi connectivity index (χ0) is 15.1. The molecule has 0 aliphatic carbocycles. The summed E-state index contributed by atoms with van der Waals surface area (Å²) in [6.45, 7) is 3.37. The lowest BCUT2D eigenvalue weighted by Crippen LogP contribution is -2.50. The maximum atomic E-state index is 11.6. The Morgan fingerprint density at radius 3 is 2.35 bits per heavy atom. The summed E-state index contributed by atoms with van der Waals surface area (Å²) in [5, 5.41) is 20.9. The monoisotopic (exact) mass is 281 g/mol. The van der Waals surface area contributed by atoms with Gasteiger partial charge in [-0.25, -0.2) is 9.59 Å². The van der Waals surface area contributed by atoms with Crippen LogP contribution in [0.15, 0.2) is 30.3 Å². The van der Waals surface area contributed by atoms with Crippen LogP contribution >= 0.6 is 0 Å². The quantitative estimate of drug-likeness (QED) is 0.732. The number of carbonyl (C=O) groups is 2. The van der Waals surface area contributed by atoms with Crippen LogP contribution in [0.2, 0.25) is 0 Å². The van der Waals surface area contributed by atoms with Gasteiger partial charge < -0.3 is 20.3 Å². The minimum absolute atomic E-state index is 0.0385. The van der Waals surface area contributed by atoms with Gasteiger partial charge in [-0.2, -0.15) is 0 Å². The van der Waals surface area contributed by atoms with E-state index in [9.17, 15) is 14.7 Å². The van der Waals surface area contributed by atoms with Gasteiger partial charge in [0.25, 0.3) is 0 Å². The highest BCUT2D eigenvalue weighted by Crippen LogP contribution is 2.07. The third-order valence-electron chi connectivity index (χ3n) is 2.78. The molecule has 0 heterocycles. The Bertz CT molecular complexity index is 446. The molecule has 6 heteroatoms. The predicted molar refractivity (Wildman–Crippen MR) is 72.0 cm³/mol. The smallest absolute Gasteiger partial charge is 0.408 e. The van der Waals surface area contributed by atoms with Crippen LogP contribution in [0, 0.1) is 5.92 Å². The summed E-state index contributed by atoms with van der Waals surface area (Å²) in [5.74, 6) is -1.60. The van der Waals surface area contributed by atoms with Gasteiger partial charge in [0.2, 0.25) is 0 Å². The van der Waals surface area contributed by atoms with Crippen molar-refractivity contribution in [1.82, 2.24) is 5.32 Å². The van der Waals surface area contributed by atoms with Crippen molar-refractivity contribution in [2.24, 2.45) is 5.92 Å². The Kier molecular flexibility index (Phi) is 5.99. The number of carboxylic acids is 1. The highest BCUT2D eigenvalue weighted by Gasteiger charge is 2.30. The second kappa shape index (κ2) is 7.49. The average molecular weight is 281 g/mol. The van der Waals surface area contributed by atoms with E-state index in [1.165, 1.54) is 0 Å². The molecule has 1 aromatic carbocycles. The number of aliphatic hydroxyl groups is 1. The number of ether oxygens (including phenoxy) is 1. The van der Waals surface area contributed by atoms with Crippen LogP contribution in [0.25, 0.3) is 0 Å². The number of hydrogen-bond donors (Lipinski definition) is 3. The topological polar surface area (TPSA) is 95.9 Å². The summed E-state index contributed by atoms with van der Waals surface area (Å²) in [4.78, 5) is 22.6. The predicted octanol–water partition coefficient (Wildman–Crippen LogP) is 1.38. The lowest BCUT2D eigenvalue weighted by atomic mass is 10.00. The number of amides is 1. The Morgan fingerprint density at radius 1 is 1.25 bits per heavy atom. The van der Waals surface area contributed by atoms with Gasteiger partial charge in [-0.05, 0) is 11.5 Å². The third kappa shape index (κ3) is 4.89. The van der Waals surface area contributed by atoms with Crippen molar-refractivity contribution in [2.75, 3.05) is 0 Å². The maximum absolute atomic E-state index is 11.6. The lowest BCUT2D eigenvalue weighted by molar-refractivity contribution is -0.143. The molecule has 2 atom stereocenters. The first-order valence-corrected chi connectivity index (χ1v) is 6.30. The molecule has 20 heavy (non-hydrogen) atoms. The summed E-state index contributed by atoms with van der Waals surface area (Å²) < 4.78 is 4.91. The zero-order valence-corrected chi connectivity index (χ0v) is 11.4. The Balaban J connectivity index is 2.52. The Labute approximate surface area is 117 Å². The molecule has 0 fully saturated rings. The number of benzene rings is 1. The zero-order valence-electron chi connectivity index (χ0n) is 11.4. The van der Waals surface area contributed by atoms with Gasteiger partial charge in [-0.15, -0.1) is 0 Å². The Morgan fingerprint density at radius 2 is 1.85 bits per heavy atom. The molecule has 0 unspecified atom stereocenters. The fraction of sp³-hybridized carbons (Fsp3) is 0.429. The average Bonchev–Trinajstić information content (AvgIpc) is 2.42. The van der Waals surface area contributed by atoms with Gasteiger partial charge in [0.1, 0.15) is 6.61 Å². The molecule has 0 saturated carbocycles. The van der Waals surface area contributed by atoms with Crippen molar-refractivity contribution >= 4 is 12.1 Å². The number of rotatable bonds is 6. The first-order valence-electron chi connectivity index (χ1n) is 6.30.